The summed E-state index contributed by atoms with van der Waals surface area (Å²) in [5.74, 6) is -0.493. The van der Waals surface area contributed by atoms with E-state index in [0.717, 1.165) is 24.2 Å². The number of amidine groups is 1. The highest BCUT2D eigenvalue weighted by atomic mass is 16.5. The highest BCUT2D eigenvalue weighted by Gasteiger charge is 2.55. The molecular formula is C34H52N5O5+. The molecule has 2 saturated heterocycles. The molecule has 44 heavy (non-hydrogen) atoms. The van der Waals surface area contributed by atoms with Crippen molar-refractivity contribution in [2.45, 2.75) is 109 Å². The van der Waals surface area contributed by atoms with Gasteiger partial charge in [0.05, 0.1) is 39.9 Å². The molecule has 10 heteroatoms. The molecular weight excluding hydrogens is 558 g/mol. The third kappa shape index (κ3) is 7.18. The Hall–Kier alpha value is -2.82. The molecule has 1 N–H and O–H groups in total. The number of fused-ring (bicyclic) bond motifs is 3. The summed E-state index contributed by atoms with van der Waals surface area (Å²) in [6.45, 7) is 4.51. The number of quaternary nitrogens is 1. The molecule has 4 atom stereocenters. The third-order valence-corrected chi connectivity index (χ3v) is 10.3. The summed E-state index contributed by atoms with van der Waals surface area (Å²) in [5, 5.41) is 3.32. The lowest BCUT2D eigenvalue weighted by Gasteiger charge is -2.49. The smallest absolute Gasteiger partial charge is 0.386 e. The molecule has 1 amide bonds. The zero-order valence-electron chi connectivity index (χ0n) is 27.0. The maximum atomic E-state index is 14.4. The number of rotatable bonds is 11. The molecule has 0 radical (unpaired) electrons. The number of para-hydroxylation sites is 2. The first kappa shape index (κ1) is 32.6. The Morgan fingerprint density at radius 2 is 1.50 bits per heavy atom. The molecule has 10 nitrogen and oxygen atoms in total. The number of benzene rings is 1. The highest BCUT2D eigenvalue weighted by molar-refractivity contribution is 6.47. The lowest BCUT2D eigenvalue weighted by Crippen LogP contribution is -2.67. The zero-order valence-corrected chi connectivity index (χ0v) is 27.0. The van der Waals surface area contributed by atoms with Crippen molar-refractivity contribution in [2.24, 2.45) is 4.99 Å². The number of nitrogens with zero attached hydrogens (tertiary/aromatic N) is 4. The summed E-state index contributed by atoms with van der Waals surface area (Å²) < 4.78 is 10.4. The van der Waals surface area contributed by atoms with Crippen LogP contribution in [0.25, 0.3) is 0 Å². The number of amides is 1. The Kier molecular flexibility index (Phi) is 11.1. The number of aliphatic imine (C=N–C) groups is 1. The molecule has 0 aromatic heterocycles. The molecule has 1 aromatic carbocycles. The van der Waals surface area contributed by atoms with E-state index < -0.39 is 11.9 Å². The van der Waals surface area contributed by atoms with Gasteiger partial charge < -0.3 is 14.8 Å². The third-order valence-electron chi connectivity index (χ3n) is 10.3. The van der Waals surface area contributed by atoms with E-state index in [2.05, 4.69) is 23.3 Å². The van der Waals surface area contributed by atoms with Crippen LogP contribution in [0.5, 0.6) is 0 Å². The van der Waals surface area contributed by atoms with E-state index in [1.807, 2.05) is 18.2 Å². The maximum absolute atomic E-state index is 14.4. The van der Waals surface area contributed by atoms with Gasteiger partial charge in [-0.1, -0.05) is 44.2 Å². The topological polar surface area (TPSA) is 101 Å². The number of hydrogen-bond donors (Lipinski definition) is 1. The van der Waals surface area contributed by atoms with Gasteiger partial charge in [0.15, 0.2) is 5.69 Å². The van der Waals surface area contributed by atoms with Gasteiger partial charge in [0.2, 0.25) is 5.84 Å². The van der Waals surface area contributed by atoms with E-state index in [0.29, 0.717) is 30.5 Å². The summed E-state index contributed by atoms with van der Waals surface area (Å²) in [7, 11) is 2.08. The minimum absolute atomic E-state index is 0.0187. The number of ether oxygens (including phenoxy) is 2. The molecule has 3 unspecified atom stereocenters. The molecule has 0 spiro atoms. The molecule has 2 bridgehead atoms. The summed E-state index contributed by atoms with van der Waals surface area (Å²) in [6.07, 6.45) is 13.9. The van der Waals surface area contributed by atoms with Crippen LogP contribution in [-0.2, 0) is 23.9 Å². The normalized spacial score (nSPS) is 28.7. The summed E-state index contributed by atoms with van der Waals surface area (Å²) >= 11 is 0. The van der Waals surface area contributed by atoms with Gasteiger partial charge in [0, 0.05) is 43.6 Å². The largest absolute Gasteiger partial charge is 0.465 e. The minimum Gasteiger partial charge on any atom is -0.465 e. The molecule has 242 valence electrons. The first-order chi connectivity index (χ1) is 21.3. The van der Waals surface area contributed by atoms with Crippen LogP contribution in [0.3, 0.4) is 0 Å². The highest BCUT2D eigenvalue weighted by Crippen LogP contribution is 2.46. The summed E-state index contributed by atoms with van der Waals surface area (Å²) in [5.41, 5.74) is 1.92. The molecule has 3 fully saturated rings. The fraction of sp³-hybridized carbons (Fsp3) is 0.706. The van der Waals surface area contributed by atoms with E-state index in [4.69, 9.17) is 14.5 Å². The Balaban J connectivity index is 1.33. The summed E-state index contributed by atoms with van der Waals surface area (Å²) in [6, 6.07) is 10.1. The van der Waals surface area contributed by atoms with E-state index >= 15 is 0 Å². The van der Waals surface area contributed by atoms with Gasteiger partial charge in [-0.3, -0.25) is 24.4 Å². The fourth-order valence-electron chi connectivity index (χ4n) is 8.20. The maximum Gasteiger partial charge on any atom is 0.386 e. The number of esters is 2. The Morgan fingerprint density at radius 1 is 0.909 bits per heavy atom. The van der Waals surface area contributed by atoms with Crippen molar-refractivity contribution in [1.82, 2.24) is 14.3 Å². The van der Waals surface area contributed by atoms with Crippen molar-refractivity contribution in [3.63, 3.8) is 0 Å². The van der Waals surface area contributed by atoms with Gasteiger partial charge in [-0.15, -0.1) is 0 Å². The molecule has 4 aliphatic rings. The van der Waals surface area contributed by atoms with Crippen LogP contribution in [0, 0.1) is 0 Å². The van der Waals surface area contributed by atoms with Crippen LogP contribution < -0.4 is 9.80 Å². The van der Waals surface area contributed by atoms with Gasteiger partial charge in [0.1, 0.15) is 11.7 Å². The van der Waals surface area contributed by atoms with Crippen LogP contribution >= 0.6 is 0 Å². The molecule has 1 aromatic rings. The van der Waals surface area contributed by atoms with E-state index in [1.165, 1.54) is 57.8 Å². The number of carbonyl (C=O) groups excluding carboxylic acids is 3. The molecule has 1 saturated carbocycles. The number of likely N-dealkylation sites (N-methyl/N-ethyl adjacent to an activating group) is 1. The predicted molar refractivity (Wildman–Crippen MR) is 173 cm³/mol. The molecule has 3 heterocycles. The Morgan fingerprint density at radius 3 is 2.11 bits per heavy atom. The molecule has 5 rings (SSSR count). The molecule has 3 aliphatic heterocycles. The fourth-order valence-corrected chi connectivity index (χ4v) is 8.20. The number of nitrogens with one attached hydrogen (secondary N) is 1. The van der Waals surface area contributed by atoms with Crippen molar-refractivity contribution in [3.05, 3.63) is 24.3 Å². The quantitative estimate of drug-likeness (QED) is 0.289. The average molecular weight is 611 g/mol. The van der Waals surface area contributed by atoms with E-state index in [1.54, 1.807) is 18.7 Å². The number of anilines is 1. The van der Waals surface area contributed by atoms with E-state index in [9.17, 15) is 14.4 Å². The van der Waals surface area contributed by atoms with Crippen molar-refractivity contribution in [3.8, 4) is 0 Å². The van der Waals surface area contributed by atoms with Gasteiger partial charge >= 0.3 is 17.8 Å². The lowest BCUT2D eigenvalue weighted by atomic mass is 9.87. The van der Waals surface area contributed by atoms with Gasteiger partial charge in [-0.2, -0.15) is 0 Å². The lowest BCUT2D eigenvalue weighted by molar-refractivity contribution is -0.148. The van der Waals surface area contributed by atoms with Crippen molar-refractivity contribution < 1.29 is 23.9 Å². The standard InChI is InChI=1S/C34H52N5O5/c1-4-43-31(40)23-37(24-32(41)44-5-2)20-19-35-33-34(42)39(3,30-16-12-11-15-29(30)36-33)28-21-26-17-18-27(22-28)38(26)25-13-9-7-6-8-10-14-25/h11-12,15-16,25-28H,4-10,13-14,17-24H2,1-3H3,(H,35,36)/q+1/t26-,27?,28?,39?/m0/s1. The Labute approximate surface area is 262 Å². The van der Waals surface area contributed by atoms with E-state index in [-0.39, 0.29) is 49.3 Å². The van der Waals surface area contributed by atoms with Crippen LogP contribution in [0.2, 0.25) is 0 Å². The van der Waals surface area contributed by atoms with Gasteiger partial charge in [-0.25, -0.2) is 9.28 Å². The first-order valence-corrected chi connectivity index (χ1v) is 17.0. The zero-order chi connectivity index (χ0) is 31.1. The monoisotopic (exact) mass is 610 g/mol. The number of carbonyl (C=O) groups is 3. The van der Waals surface area contributed by atoms with Crippen LogP contribution in [0.4, 0.5) is 11.4 Å². The van der Waals surface area contributed by atoms with Gasteiger partial charge in [-0.05, 0) is 45.6 Å². The number of hydrogen-bond acceptors (Lipinski definition) is 8. The Bertz CT molecular complexity index is 1160. The number of piperidine rings is 1. The second kappa shape index (κ2) is 15.0. The second-order valence-electron chi connectivity index (χ2n) is 13.0. The van der Waals surface area contributed by atoms with Crippen molar-refractivity contribution in [1.29, 1.82) is 0 Å². The van der Waals surface area contributed by atoms with Gasteiger partial charge in [0.25, 0.3) is 0 Å². The predicted octanol–water partition coefficient (Wildman–Crippen LogP) is 4.51. The van der Waals surface area contributed by atoms with Crippen LogP contribution in [-0.4, -0.2) is 104 Å². The SMILES string of the molecule is CCOC(=O)CN(CCN=C1Nc2ccccc2[N+](C)(C2CC3CC[C@@H](C2)N3C2CCCCCCC2)C1=O)CC(=O)OCC. The first-order valence-electron chi connectivity index (χ1n) is 17.0. The van der Waals surface area contributed by atoms with Crippen molar-refractivity contribution >= 4 is 35.1 Å². The molecule has 1 aliphatic carbocycles. The van der Waals surface area contributed by atoms with Crippen LogP contribution in [0.1, 0.15) is 84.5 Å². The minimum atomic E-state index is -0.408. The second-order valence-corrected chi connectivity index (χ2v) is 13.0. The summed E-state index contributed by atoms with van der Waals surface area (Å²) in [4.78, 5) is 48.1. The van der Waals surface area contributed by atoms with Crippen molar-refractivity contribution in [2.75, 3.05) is 51.8 Å². The van der Waals surface area contributed by atoms with Crippen LogP contribution in [0.15, 0.2) is 29.3 Å². The average Bonchev–Trinajstić information content (AvgIpc) is 3.23.